The molecule has 1 unspecified atom stereocenters. The topological polar surface area (TPSA) is 59.2 Å². The third kappa shape index (κ3) is 3.50. The van der Waals surface area contributed by atoms with E-state index in [1.165, 1.54) is 16.7 Å². The number of amides is 1. The third-order valence-electron chi connectivity index (χ3n) is 5.29. The summed E-state index contributed by atoms with van der Waals surface area (Å²) in [6.07, 6.45) is 1.22. The van der Waals surface area contributed by atoms with Gasteiger partial charge in [-0.1, -0.05) is 47.1 Å². The molecule has 1 aliphatic heterocycles. The molecular weight excluding hydrogens is 338 g/mol. The number of benzene rings is 2. The lowest BCUT2D eigenvalue weighted by Gasteiger charge is -2.22. The Morgan fingerprint density at radius 2 is 1.85 bits per heavy atom. The van der Waals surface area contributed by atoms with E-state index >= 15 is 0 Å². The van der Waals surface area contributed by atoms with Gasteiger partial charge in [0, 0.05) is 18.5 Å². The zero-order chi connectivity index (χ0) is 19.0. The first-order chi connectivity index (χ1) is 13.0. The van der Waals surface area contributed by atoms with Crippen molar-refractivity contribution < 1.29 is 9.32 Å². The average molecular weight is 361 g/mol. The van der Waals surface area contributed by atoms with Crippen LogP contribution >= 0.6 is 0 Å². The van der Waals surface area contributed by atoms with Crippen LogP contribution in [0.15, 0.2) is 47.0 Å². The Balaban J connectivity index is 1.58. The van der Waals surface area contributed by atoms with E-state index in [0.717, 1.165) is 11.1 Å². The number of carbonyl (C=O) groups is 1. The molecule has 1 amide bonds. The highest BCUT2D eigenvalue weighted by molar-refractivity contribution is 5.78. The normalized spacial score (nSPS) is 16.9. The second kappa shape index (κ2) is 6.99. The second-order valence-corrected chi connectivity index (χ2v) is 7.32. The molecule has 138 valence electrons. The van der Waals surface area contributed by atoms with Crippen LogP contribution in [-0.2, 0) is 11.3 Å². The third-order valence-corrected chi connectivity index (χ3v) is 5.29. The van der Waals surface area contributed by atoms with Gasteiger partial charge in [0.2, 0.25) is 17.6 Å². The highest BCUT2D eigenvalue weighted by Gasteiger charge is 2.36. The van der Waals surface area contributed by atoms with Crippen LogP contribution in [0.3, 0.4) is 0 Å². The minimum absolute atomic E-state index is 0.131. The fourth-order valence-electron chi connectivity index (χ4n) is 3.45. The summed E-state index contributed by atoms with van der Waals surface area (Å²) < 4.78 is 5.55. The van der Waals surface area contributed by atoms with Crippen molar-refractivity contribution in [2.45, 2.75) is 46.2 Å². The number of likely N-dealkylation sites (tertiary alicyclic amines) is 1. The van der Waals surface area contributed by atoms with Gasteiger partial charge in [0.25, 0.3) is 0 Å². The Hall–Kier alpha value is -2.95. The van der Waals surface area contributed by atoms with E-state index in [-0.39, 0.29) is 11.9 Å². The molecule has 1 atom stereocenters. The Bertz CT molecular complexity index is 975. The minimum atomic E-state index is -0.161. The van der Waals surface area contributed by atoms with Crippen molar-refractivity contribution >= 4 is 5.91 Å². The number of aromatic nitrogens is 2. The molecule has 1 fully saturated rings. The first-order valence-corrected chi connectivity index (χ1v) is 9.27. The molecule has 1 aliphatic rings. The lowest BCUT2D eigenvalue weighted by molar-refractivity contribution is -0.129. The smallest absolute Gasteiger partial charge is 0.249 e. The zero-order valence-corrected chi connectivity index (χ0v) is 15.9. The molecule has 1 aromatic heterocycles. The minimum Gasteiger partial charge on any atom is -0.337 e. The van der Waals surface area contributed by atoms with Crippen LogP contribution in [0.4, 0.5) is 0 Å². The predicted octanol–water partition coefficient (Wildman–Crippen LogP) is 4.53. The highest BCUT2D eigenvalue weighted by atomic mass is 16.5. The van der Waals surface area contributed by atoms with Gasteiger partial charge in [-0.2, -0.15) is 4.98 Å². The van der Waals surface area contributed by atoms with Gasteiger partial charge in [0.1, 0.15) is 6.04 Å². The molecule has 0 radical (unpaired) electrons. The molecule has 0 saturated carbocycles. The number of carbonyl (C=O) groups excluding carboxylic acids is 1. The number of hydrogen-bond acceptors (Lipinski definition) is 4. The van der Waals surface area contributed by atoms with Crippen molar-refractivity contribution in [3.63, 3.8) is 0 Å². The summed E-state index contributed by atoms with van der Waals surface area (Å²) >= 11 is 0. The van der Waals surface area contributed by atoms with Crippen molar-refractivity contribution in [1.82, 2.24) is 15.0 Å². The average Bonchev–Trinajstić information content (AvgIpc) is 3.27. The molecule has 0 spiro atoms. The highest BCUT2D eigenvalue weighted by Crippen LogP contribution is 2.34. The van der Waals surface area contributed by atoms with Crippen molar-refractivity contribution in [3.05, 3.63) is 70.6 Å². The fraction of sp³-hybridized carbons (Fsp3) is 0.318. The summed E-state index contributed by atoms with van der Waals surface area (Å²) in [7, 11) is 0. The SMILES string of the molecule is Cc1ccc(CN2C(=O)CCC2c2nc(-c3ccc(C)c(C)c3)no2)cc1. The Labute approximate surface area is 159 Å². The van der Waals surface area contributed by atoms with E-state index in [1.807, 2.05) is 11.0 Å². The van der Waals surface area contributed by atoms with Gasteiger partial charge in [-0.05, 0) is 49.9 Å². The molecule has 0 aliphatic carbocycles. The van der Waals surface area contributed by atoms with E-state index in [4.69, 9.17) is 4.52 Å². The molecule has 5 nitrogen and oxygen atoms in total. The van der Waals surface area contributed by atoms with Gasteiger partial charge in [0.05, 0.1) is 0 Å². The van der Waals surface area contributed by atoms with Crippen LogP contribution in [0.5, 0.6) is 0 Å². The molecular formula is C22H23N3O2. The molecule has 2 heterocycles. The van der Waals surface area contributed by atoms with Crippen LogP contribution in [-0.4, -0.2) is 20.9 Å². The van der Waals surface area contributed by atoms with Gasteiger partial charge in [-0.3, -0.25) is 4.79 Å². The molecule has 0 bridgehead atoms. The van der Waals surface area contributed by atoms with E-state index in [1.54, 1.807) is 0 Å². The Morgan fingerprint density at radius 3 is 2.59 bits per heavy atom. The van der Waals surface area contributed by atoms with E-state index in [9.17, 15) is 4.79 Å². The maximum Gasteiger partial charge on any atom is 0.249 e. The van der Waals surface area contributed by atoms with Gasteiger partial charge in [-0.25, -0.2) is 0 Å². The fourth-order valence-corrected chi connectivity index (χ4v) is 3.45. The summed E-state index contributed by atoms with van der Waals surface area (Å²) in [5, 5.41) is 4.16. The van der Waals surface area contributed by atoms with Crippen molar-refractivity contribution in [3.8, 4) is 11.4 Å². The van der Waals surface area contributed by atoms with E-state index < -0.39 is 0 Å². The van der Waals surface area contributed by atoms with Gasteiger partial charge in [-0.15, -0.1) is 0 Å². The summed E-state index contributed by atoms with van der Waals surface area (Å²) in [6.45, 7) is 6.76. The summed E-state index contributed by atoms with van der Waals surface area (Å²) in [5.41, 5.74) is 5.67. The molecule has 0 N–H and O–H groups in total. The standard InChI is InChI=1S/C22H23N3O2/c1-14-4-7-17(8-5-14)13-25-19(10-11-20(25)26)22-23-21(24-27-22)18-9-6-15(2)16(3)12-18/h4-9,12,19H,10-11,13H2,1-3H3. The maximum atomic E-state index is 12.4. The zero-order valence-electron chi connectivity index (χ0n) is 15.9. The summed E-state index contributed by atoms with van der Waals surface area (Å²) in [4.78, 5) is 18.9. The van der Waals surface area contributed by atoms with Crippen molar-refractivity contribution in [2.24, 2.45) is 0 Å². The lowest BCUT2D eigenvalue weighted by Crippen LogP contribution is -2.27. The first-order valence-electron chi connectivity index (χ1n) is 9.27. The molecule has 27 heavy (non-hydrogen) atoms. The summed E-state index contributed by atoms with van der Waals surface area (Å²) in [6, 6.07) is 14.2. The van der Waals surface area contributed by atoms with Gasteiger partial charge >= 0.3 is 0 Å². The monoisotopic (exact) mass is 361 g/mol. The molecule has 4 rings (SSSR count). The van der Waals surface area contributed by atoms with Crippen molar-refractivity contribution in [2.75, 3.05) is 0 Å². The van der Waals surface area contributed by atoms with Crippen LogP contribution in [0.2, 0.25) is 0 Å². The lowest BCUT2D eigenvalue weighted by atomic mass is 10.1. The quantitative estimate of drug-likeness (QED) is 0.685. The molecule has 2 aromatic carbocycles. The van der Waals surface area contributed by atoms with Crippen LogP contribution in [0.25, 0.3) is 11.4 Å². The van der Waals surface area contributed by atoms with Crippen LogP contribution < -0.4 is 0 Å². The largest absolute Gasteiger partial charge is 0.337 e. The number of nitrogens with zero attached hydrogens (tertiary/aromatic N) is 3. The summed E-state index contributed by atoms with van der Waals surface area (Å²) in [5.74, 6) is 1.22. The van der Waals surface area contributed by atoms with Gasteiger partial charge in [0.15, 0.2) is 0 Å². The number of aryl methyl sites for hydroxylation is 3. The first kappa shape index (κ1) is 17.5. The Kier molecular flexibility index (Phi) is 4.52. The van der Waals surface area contributed by atoms with Gasteiger partial charge < -0.3 is 9.42 Å². The molecule has 1 saturated heterocycles. The number of rotatable bonds is 4. The van der Waals surface area contributed by atoms with Crippen molar-refractivity contribution in [1.29, 1.82) is 0 Å². The Morgan fingerprint density at radius 1 is 1.07 bits per heavy atom. The maximum absolute atomic E-state index is 12.4. The second-order valence-electron chi connectivity index (χ2n) is 7.32. The molecule has 5 heteroatoms. The van der Waals surface area contributed by atoms with Crippen LogP contribution in [0.1, 0.15) is 47.0 Å². The van der Waals surface area contributed by atoms with E-state index in [2.05, 4.69) is 67.3 Å². The predicted molar refractivity (Wildman–Crippen MR) is 103 cm³/mol. The molecule has 3 aromatic rings. The van der Waals surface area contributed by atoms with Crippen LogP contribution in [0, 0.1) is 20.8 Å². The number of hydrogen-bond donors (Lipinski definition) is 0. The van der Waals surface area contributed by atoms with E-state index in [0.29, 0.717) is 31.1 Å².